The van der Waals surface area contributed by atoms with Gasteiger partial charge >= 0.3 is 0 Å². The van der Waals surface area contributed by atoms with E-state index in [1.807, 2.05) is 0 Å². The Balaban J connectivity index is 2.96. The Morgan fingerprint density at radius 3 is 1.57 bits per heavy atom. The lowest BCUT2D eigenvalue weighted by molar-refractivity contribution is -0.00757. The first-order valence-corrected chi connectivity index (χ1v) is 7.84. The van der Waals surface area contributed by atoms with E-state index < -0.39 is 0 Å². The maximum absolute atomic E-state index is 5.45. The zero-order valence-electron chi connectivity index (χ0n) is 13.9. The highest BCUT2D eigenvalue weighted by Gasteiger charge is 1.96. The van der Waals surface area contributed by atoms with Gasteiger partial charge in [0.25, 0.3) is 0 Å². The van der Waals surface area contributed by atoms with Crippen LogP contribution in [0.5, 0.6) is 0 Å². The lowest BCUT2D eigenvalue weighted by Crippen LogP contribution is -2.29. The zero-order valence-corrected chi connectivity index (χ0v) is 13.9. The molecule has 0 aromatic rings. The summed E-state index contributed by atoms with van der Waals surface area (Å²) in [4.78, 5) is 0. The van der Waals surface area contributed by atoms with Crippen molar-refractivity contribution in [2.24, 2.45) is 0 Å². The molecule has 0 heterocycles. The second-order valence-corrected chi connectivity index (χ2v) is 4.71. The fourth-order valence-electron chi connectivity index (χ4n) is 1.43. The van der Waals surface area contributed by atoms with Gasteiger partial charge in [-0.1, -0.05) is 6.92 Å². The minimum absolute atomic E-state index is 0.556. The maximum Gasteiger partial charge on any atom is 0.0701 e. The molecular weight excluding hydrogens is 274 g/mol. The first-order valence-electron chi connectivity index (χ1n) is 7.84. The summed E-state index contributed by atoms with van der Waals surface area (Å²) < 4.78 is 26.3. The summed E-state index contributed by atoms with van der Waals surface area (Å²) in [6, 6.07) is 0.556. The highest BCUT2D eigenvalue weighted by molar-refractivity contribution is 4.55. The van der Waals surface area contributed by atoms with Gasteiger partial charge in [-0.3, -0.25) is 0 Å². The first kappa shape index (κ1) is 20.8. The molecule has 0 aromatic carbocycles. The van der Waals surface area contributed by atoms with E-state index in [9.17, 15) is 0 Å². The van der Waals surface area contributed by atoms with E-state index in [-0.39, 0.29) is 0 Å². The van der Waals surface area contributed by atoms with Crippen LogP contribution in [-0.4, -0.2) is 79.2 Å². The highest BCUT2D eigenvalue weighted by atomic mass is 16.6. The molecule has 0 amide bonds. The summed E-state index contributed by atoms with van der Waals surface area (Å²) >= 11 is 0. The van der Waals surface area contributed by atoms with Gasteiger partial charge in [0.2, 0.25) is 0 Å². The van der Waals surface area contributed by atoms with Gasteiger partial charge in [-0.25, -0.2) is 0 Å². The van der Waals surface area contributed by atoms with E-state index >= 15 is 0 Å². The van der Waals surface area contributed by atoms with Crippen molar-refractivity contribution < 1.29 is 23.7 Å². The third-order valence-corrected chi connectivity index (χ3v) is 2.90. The minimum Gasteiger partial charge on any atom is -0.382 e. The Morgan fingerprint density at radius 1 is 0.714 bits per heavy atom. The lowest BCUT2D eigenvalue weighted by Gasteiger charge is -2.11. The van der Waals surface area contributed by atoms with Crippen molar-refractivity contribution >= 4 is 0 Å². The Labute approximate surface area is 129 Å². The van der Waals surface area contributed by atoms with Gasteiger partial charge in [0.15, 0.2) is 0 Å². The Kier molecular flexibility index (Phi) is 17.6. The molecule has 1 unspecified atom stereocenters. The highest BCUT2D eigenvalue weighted by Crippen LogP contribution is 1.87. The van der Waals surface area contributed by atoms with Crippen molar-refractivity contribution in [2.45, 2.75) is 26.3 Å². The summed E-state index contributed by atoms with van der Waals surface area (Å²) in [5.74, 6) is 0. The van der Waals surface area contributed by atoms with E-state index in [2.05, 4.69) is 19.2 Å². The van der Waals surface area contributed by atoms with Gasteiger partial charge in [0.1, 0.15) is 0 Å². The van der Waals surface area contributed by atoms with Gasteiger partial charge in [-0.15, -0.1) is 0 Å². The molecule has 0 fully saturated rings. The SMILES string of the molecule is CCC(C)NCCOCCOCCOCCOCCOC. The smallest absolute Gasteiger partial charge is 0.0701 e. The molecule has 1 atom stereocenters. The van der Waals surface area contributed by atoms with Gasteiger partial charge in [0.05, 0.1) is 59.5 Å². The first-order chi connectivity index (χ1) is 10.3. The van der Waals surface area contributed by atoms with Gasteiger partial charge in [-0.05, 0) is 13.3 Å². The topological polar surface area (TPSA) is 58.2 Å². The molecule has 6 nitrogen and oxygen atoms in total. The Hall–Kier alpha value is -0.240. The van der Waals surface area contributed by atoms with E-state index in [0.29, 0.717) is 58.9 Å². The average Bonchev–Trinajstić information content (AvgIpc) is 2.50. The largest absolute Gasteiger partial charge is 0.382 e. The van der Waals surface area contributed by atoms with Crippen molar-refractivity contribution in [2.75, 3.05) is 73.1 Å². The minimum atomic E-state index is 0.556. The van der Waals surface area contributed by atoms with E-state index in [1.54, 1.807) is 7.11 Å². The van der Waals surface area contributed by atoms with Crippen LogP contribution in [0.3, 0.4) is 0 Å². The quantitative estimate of drug-likeness (QED) is 0.406. The summed E-state index contributed by atoms with van der Waals surface area (Å²) in [6.45, 7) is 10.8. The zero-order chi connectivity index (χ0) is 15.6. The fraction of sp³-hybridized carbons (Fsp3) is 1.00. The number of hydrogen-bond donors (Lipinski definition) is 1. The molecule has 0 rings (SSSR count). The number of hydrogen-bond acceptors (Lipinski definition) is 6. The molecule has 0 aliphatic rings. The van der Waals surface area contributed by atoms with E-state index in [0.717, 1.165) is 19.6 Å². The van der Waals surface area contributed by atoms with Crippen molar-refractivity contribution in [3.63, 3.8) is 0 Å². The molecule has 0 aromatic heterocycles. The van der Waals surface area contributed by atoms with Crippen LogP contribution >= 0.6 is 0 Å². The van der Waals surface area contributed by atoms with E-state index in [1.165, 1.54) is 0 Å². The summed E-state index contributed by atoms with van der Waals surface area (Å²) in [6.07, 6.45) is 1.14. The normalized spacial score (nSPS) is 12.7. The summed E-state index contributed by atoms with van der Waals surface area (Å²) in [5.41, 5.74) is 0. The predicted molar refractivity (Wildman–Crippen MR) is 82.9 cm³/mol. The van der Waals surface area contributed by atoms with Gasteiger partial charge < -0.3 is 29.0 Å². The third-order valence-electron chi connectivity index (χ3n) is 2.90. The van der Waals surface area contributed by atoms with Gasteiger partial charge in [0, 0.05) is 19.7 Å². The lowest BCUT2D eigenvalue weighted by atomic mass is 10.3. The van der Waals surface area contributed by atoms with E-state index in [4.69, 9.17) is 23.7 Å². The third kappa shape index (κ3) is 17.7. The summed E-state index contributed by atoms with van der Waals surface area (Å²) in [7, 11) is 1.66. The van der Waals surface area contributed by atoms with Crippen LogP contribution < -0.4 is 5.32 Å². The molecule has 0 aliphatic carbocycles. The Bertz CT molecular complexity index is 195. The molecule has 0 aliphatic heterocycles. The molecular formula is C15H33NO5. The van der Waals surface area contributed by atoms with Crippen LogP contribution in [0.25, 0.3) is 0 Å². The molecule has 128 valence electrons. The molecule has 0 saturated carbocycles. The van der Waals surface area contributed by atoms with Crippen LogP contribution in [0.2, 0.25) is 0 Å². The summed E-state index contributed by atoms with van der Waals surface area (Å²) in [5, 5.41) is 3.37. The predicted octanol–water partition coefficient (Wildman–Crippen LogP) is 1.09. The van der Waals surface area contributed by atoms with Crippen molar-refractivity contribution in [3.8, 4) is 0 Å². The molecule has 1 N–H and O–H groups in total. The number of ether oxygens (including phenoxy) is 5. The number of methoxy groups -OCH3 is 1. The van der Waals surface area contributed by atoms with Crippen molar-refractivity contribution in [1.82, 2.24) is 5.32 Å². The average molecular weight is 307 g/mol. The molecule has 0 saturated heterocycles. The number of nitrogens with one attached hydrogen (secondary N) is 1. The number of rotatable bonds is 17. The maximum atomic E-state index is 5.45. The fourth-order valence-corrected chi connectivity index (χ4v) is 1.43. The van der Waals surface area contributed by atoms with Crippen molar-refractivity contribution in [1.29, 1.82) is 0 Å². The molecule has 0 spiro atoms. The molecule has 0 bridgehead atoms. The second kappa shape index (κ2) is 17.8. The molecule has 6 heteroatoms. The standard InChI is InChI=1S/C15H33NO5/c1-4-15(2)16-5-6-18-9-10-20-13-14-21-12-11-19-8-7-17-3/h15-16H,4-14H2,1-3H3. The molecule has 21 heavy (non-hydrogen) atoms. The van der Waals surface area contributed by atoms with Gasteiger partial charge in [-0.2, -0.15) is 0 Å². The van der Waals surface area contributed by atoms with Crippen LogP contribution in [0, 0.1) is 0 Å². The monoisotopic (exact) mass is 307 g/mol. The van der Waals surface area contributed by atoms with Crippen LogP contribution in [-0.2, 0) is 23.7 Å². The van der Waals surface area contributed by atoms with Crippen LogP contribution in [0.4, 0.5) is 0 Å². The second-order valence-electron chi connectivity index (χ2n) is 4.71. The van der Waals surface area contributed by atoms with Crippen molar-refractivity contribution in [3.05, 3.63) is 0 Å². The van der Waals surface area contributed by atoms with Crippen LogP contribution in [0.1, 0.15) is 20.3 Å². The Morgan fingerprint density at radius 2 is 1.14 bits per heavy atom. The van der Waals surface area contributed by atoms with Crippen LogP contribution in [0.15, 0.2) is 0 Å². The molecule has 0 radical (unpaired) electrons.